The minimum Gasteiger partial charge on any atom is -0.462 e. The maximum absolute atomic E-state index is 6.03. The molecule has 3 heteroatoms. The van der Waals surface area contributed by atoms with E-state index in [1.54, 1.807) is 6.26 Å². The summed E-state index contributed by atoms with van der Waals surface area (Å²) < 4.78 is 5.47. The molecule has 15 heavy (non-hydrogen) atoms. The van der Waals surface area contributed by atoms with E-state index < -0.39 is 0 Å². The average molecular weight is 224 g/mol. The van der Waals surface area contributed by atoms with Crippen LogP contribution in [0.1, 0.15) is 12.5 Å². The maximum Gasteiger partial charge on any atom is 0.152 e. The standard InChI is InChI=1S/C12H14ClNO/c1-8(14-2)6-9-7-15-12-10(9)4-3-5-11(12)13/h3-5,7-8,14H,6H2,1-2H3. The molecular formula is C12H14ClNO. The lowest BCUT2D eigenvalue weighted by atomic mass is 10.1. The van der Waals surface area contributed by atoms with Gasteiger partial charge in [0.25, 0.3) is 0 Å². The zero-order valence-electron chi connectivity index (χ0n) is 8.88. The zero-order chi connectivity index (χ0) is 10.8. The van der Waals surface area contributed by atoms with Crippen molar-refractivity contribution in [3.8, 4) is 0 Å². The van der Waals surface area contributed by atoms with Crippen molar-refractivity contribution < 1.29 is 4.42 Å². The van der Waals surface area contributed by atoms with Crippen molar-refractivity contribution in [2.75, 3.05) is 7.05 Å². The first-order chi connectivity index (χ1) is 7.22. The molecule has 0 aliphatic rings. The molecule has 0 aliphatic heterocycles. The second-order valence-electron chi connectivity index (χ2n) is 3.77. The molecule has 1 atom stereocenters. The van der Waals surface area contributed by atoms with Crippen LogP contribution in [-0.4, -0.2) is 13.1 Å². The van der Waals surface area contributed by atoms with Crippen LogP contribution in [0.2, 0.25) is 5.02 Å². The van der Waals surface area contributed by atoms with Gasteiger partial charge in [-0.3, -0.25) is 0 Å². The smallest absolute Gasteiger partial charge is 0.152 e. The summed E-state index contributed by atoms with van der Waals surface area (Å²) in [7, 11) is 1.96. The molecule has 2 nitrogen and oxygen atoms in total. The lowest BCUT2D eigenvalue weighted by molar-refractivity contribution is 0.584. The Morgan fingerprint density at radius 2 is 2.27 bits per heavy atom. The number of hydrogen-bond acceptors (Lipinski definition) is 2. The van der Waals surface area contributed by atoms with Crippen molar-refractivity contribution in [2.24, 2.45) is 0 Å². The number of nitrogens with one attached hydrogen (secondary N) is 1. The van der Waals surface area contributed by atoms with Gasteiger partial charge in [0.1, 0.15) is 0 Å². The fraction of sp³-hybridized carbons (Fsp3) is 0.333. The highest BCUT2D eigenvalue weighted by Gasteiger charge is 2.10. The van der Waals surface area contributed by atoms with Crippen LogP contribution in [-0.2, 0) is 6.42 Å². The zero-order valence-corrected chi connectivity index (χ0v) is 9.64. The molecular weight excluding hydrogens is 210 g/mol. The lowest BCUT2D eigenvalue weighted by Crippen LogP contribution is -2.23. The second-order valence-corrected chi connectivity index (χ2v) is 4.18. The Labute approximate surface area is 94.2 Å². The molecule has 1 N–H and O–H groups in total. The summed E-state index contributed by atoms with van der Waals surface area (Å²) in [5.74, 6) is 0. The van der Waals surface area contributed by atoms with Gasteiger partial charge in [0.2, 0.25) is 0 Å². The molecule has 0 radical (unpaired) electrons. The summed E-state index contributed by atoms with van der Waals surface area (Å²) in [5.41, 5.74) is 1.99. The van der Waals surface area contributed by atoms with Crippen molar-refractivity contribution in [1.29, 1.82) is 0 Å². The minimum absolute atomic E-state index is 0.435. The molecule has 0 bridgehead atoms. The van der Waals surface area contributed by atoms with Gasteiger partial charge in [-0.2, -0.15) is 0 Å². The molecule has 1 aromatic heterocycles. The number of furan rings is 1. The van der Waals surface area contributed by atoms with Gasteiger partial charge in [0.05, 0.1) is 11.3 Å². The molecule has 0 amide bonds. The Kier molecular flexibility index (Phi) is 2.98. The van der Waals surface area contributed by atoms with E-state index in [2.05, 4.69) is 12.2 Å². The normalized spacial score (nSPS) is 13.3. The lowest BCUT2D eigenvalue weighted by Gasteiger charge is -2.07. The maximum atomic E-state index is 6.03. The number of hydrogen-bond donors (Lipinski definition) is 1. The molecule has 0 spiro atoms. The van der Waals surface area contributed by atoms with Crippen LogP contribution in [0, 0.1) is 0 Å². The van der Waals surface area contributed by atoms with E-state index in [-0.39, 0.29) is 0 Å². The number of likely N-dealkylation sites (N-methyl/N-ethyl adjacent to an activating group) is 1. The first-order valence-electron chi connectivity index (χ1n) is 5.04. The molecule has 1 heterocycles. The monoisotopic (exact) mass is 223 g/mol. The predicted octanol–water partition coefficient (Wildman–Crippen LogP) is 3.24. The van der Waals surface area contributed by atoms with Crippen LogP contribution in [0.15, 0.2) is 28.9 Å². The highest BCUT2D eigenvalue weighted by atomic mass is 35.5. The van der Waals surface area contributed by atoms with Crippen molar-refractivity contribution in [3.63, 3.8) is 0 Å². The molecule has 80 valence electrons. The Morgan fingerprint density at radius 3 is 3.00 bits per heavy atom. The molecule has 1 unspecified atom stereocenters. The van der Waals surface area contributed by atoms with E-state index in [4.69, 9.17) is 16.0 Å². The summed E-state index contributed by atoms with van der Waals surface area (Å²) in [5, 5.41) is 5.00. The van der Waals surface area contributed by atoms with E-state index in [0.29, 0.717) is 11.1 Å². The van der Waals surface area contributed by atoms with Crippen molar-refractivity contribution in [1.82, 2.24) is 5.32 Å². The highest BCUT2D eigenvalue weighted by Crippen LogP contribution is 2.28. The summed E-state index contributed by atoms with van der Waals surface area (Å²) in [4.78, 5) is 0. The van der Waals surface area contributed by atoms with Gasteiger partial charge >= 0.3 is 0 Å². The number of halogens is 1. The first kappa shape index (κ1) is 10.5. The summed E-state index contributed by atoms with van der Waals surface area (Å²) >= 11 is 6.03. The molecule has 1 aromatic carbocycles. The van der Waals surface area contributed by atoms with Crippen molar-refractivity contribution >= 4 is 22.6 Å². The van der Waals surface area contributed by atoms with Gasteiger partial charge in [-0.05, 0) is 32.0 Å². The van der Waals surface area contributed by atoms with Gasteiger partial charge in [-0.1, -0.05) is 23.7 Å². The van der Waals surface area contributed by atoms with Crippen molar-refractivity contribution in [2.45, 2.75) is 19.4 Å². The average Bonchev–Trinajstić information content (AvgIpc) is 2.63. The SMILES string of the molecule is CNC(C)Cc1coc2c(Cl)cccc12. The molecule has 2 rings (SSSR count). The highest BCUT2D eigenvalue weighted by molar-refractivity contribution is 6.34. The molecule has 0 saturated carbocycles. The fourth-order valence-corrected chi connectivity index (χ4v) is 1.88. The molecule has 2 aromatic rings. The van der Waals surface area contributed by atoms with E-state index in [1.165, 1.54) is 5.56 Å². The van der Waals surface area contributed by atoms with Gasteiger partial charge in [0.15, 0.2) is 5.58 Å². The van der Waals surface area contributed by atoms with Gasteiger partial charge in [-0.15, -0.1) is 0 Å². The van der Waals surface area contributed by atoms with Gasteiger partial charge in [-0.25, -0.2) is 0 Å². The fourth-order valence-electron chi connectivity index (χ4n) is 1.67. The van der Waals surface area contributed by atoms with Crippen LogP contribution in [0.3, 0.4) is 0 Å². The van der Waals surface area contributed by atoms with Crippen LogP contribution in [0.5, 0.6) is 0 Å². The first-order valence-corrected chi connectivity index (χ1v) is 5.42. The third-order valence-electron chi connectivity index (χ3n) is 2.65. The third-order valence-corrected chi connectivity index (χ3v) is 2.95. The van der Waals surface area contributed by atoms with E-state index in [9.17, 15) is 0 Å². The summed E-state index contributed by atoms with van der Waals surface area (Å²) in [6, 6.07) is 6.28. The predicted molar refractivity (Wildman–Crippen MR) is 63.4 cm³/mol. The van der Waals surface area contributed by atoms with E-state index in [0.717, 1.165) is 17.4 Å². The molecule has 0 fully saturated rings. The van der Waals surface area contributed by atoms with E-state index >= 15 is 0 Å². The largest absolute Gasteiger partial charge is 0.462 e. The Bertz CT molecular complexity index is 464. The van der Waals surface area contributed by atoms with Crippen LogP contribution in [0.25, 0.3) is 11.0 Å². The Morgan fingerprint density at radius 1 is 1.47 bits per heavy atom. The van der Waals surface area contributed by atoms with Crippen molar-refractivity contribution in [3.05, 3.63) is 35.0 Å². The van der Waals surface area contributed by atoms with Gasteiger partial charge in [0, 0.05) is 11.4 Å². The van der Waals surface area contributed by atoms with Crippen LogP contribution in [0.4, 0.5) is 0 Å². The van der Waals surface area contributed by atoms with E-state index in [1.807, 2.05) is 25.2 Å². The van der Waals surface area contributed by atoms with Crippen LogP contribution >= 0.6 is 11.6 Å². The topological polar surface area (TPSA) is 25.2 Å². The molecule has 0 saturated heterocycles. The number of para-hydroxylation sites is 1. The number of rotatable bonds is 3. The number of benzene rings is 1. The van der Waals surface area contributed by atoms with Crippen LogP contribution < -0.4 is 5.32 Å². The Hall–Kier alpha value is -0.990. The Balaban J connectivity index is 2.41. The quantitative estimate of drug-likeness (QED) is 0.864. The minimum atomic E-state index is 0.435. The number of fused-ring (bicyclic) bond motifs is 1. The summed E-state index contributed by atoms with van der Waals surface area (Å²) in [6.07, 6.45) is 2.74. The summed E-state index contributed by atoms with van der Waals surface area (Å²) in [6.45, 7) is 2.14. The second kappa shape index (κ2) is 4.25. The molecule has 0 aliphatic carbocycles. The van der Waals surface area contributed by atoms with Gasteiger partial charge < -0.3 is 9.73 Å². The third kappa shape index (κ3) is 2.01.